The number of imide groups is 2. The average Bonchev–Trinajstić information content (AvgIpc) is 3.44. The van der Waals surface area contributed by atoms with Crippen molar-refractivity contribution in [1.82, 2.24) is 15.5 Å². The molecule has 2 heterocycles. The van der Waals surface area contributed by atoms with E-state index in [-0.39, 0.29) is 41.7 Å². The molecule has 2 aromatic rings. The second-order valence-electron chi connectivity index (χ2n) is 9.67. The normalized spacial score (nSPS) is 22.8. The fourth-order valence-electron chi connectivity index (χ4n) is 5.16. The van der Waals surface area contributed by atoms with Gasteiger partial charge in [0.05, 0.1) is 16.7 Å². The number of nitrogens with one attached hydrogen (secondary N) is 3. The average molecular weight is 521 g/mol. The van der Waals surface area contributed by atoms with Crippen LogP contribution in [0.5, 0.6) is 5.75 Å². The molecule has 38 heavy (non-hydrogen) atoms. The number of anilines is 1. The van der Waals surface area contributed by atoms with Crippen LogP contribution in [0.3, 0.4) is 0 Å². The number of carboxylic acids is 1. The summed E-state index contributed by atoms with van der Waals surface area (Å²) in [5, 5.41) is 17.9. The molecule has 1 aliphatic carbocycles. The Morgan fingerprint density at radius 1 is 0.974 bits per heavy atom. The van der Waals surface area contributed by atoms with Gasteiger partial charge >= 0.3 is 5.97 Å². The summed E-state index contributed by atoms with van der Waals surface area (Å²) in [4.78, 5) is 61.4. The summed E-state index contributed by atoms with van der Waals surface area (Å²) < 4.78 is 6.13. The number of carboxylic acid groups (broad SMARTS) is 1. The minimum Gasteiger partial charge on any atom is -0.490 e. The summed E-state index contributed by atoms with van der Waals surface area (Å²) in [5.74, 6) is -2.60. The number of hydrogen-bond acceptors (Lipinski definition) is 8. The van der Waals surface area contributed by atoms with E-state index in [1.165, 1.54) is 0 Å². The molecule has 3 atom stereocenters. The van der Waals surface area contributed by atoms with Crippen molar-refractivity contribution in [3.05, 3.63) is 59.2 Å². The van der Waals surface area contributed by atoms with E-state index >= 15 is 0 Å². The van der Waals surface area contributed by atoms with Gasteiger partial charge in [0, 0.05) is 31.2 Å². The highest BCUT2D eigenvalue weighted by Gasteiger charge is 2.44. The molecule has 2 aromatic carbocycles. The first-order valence-electron chi connectivity index (χ1n) is 12.6. The Kier molecular flexibility index (Phi) is 7.10. The van der Waals surface area contributed by atoms with Crippen LogP contribution in [0.1, 0.15) is 63.2 Å². The summed E-state index contributed by atoms with van der Waals surface area (Å²) in [5.41, 5.74) is 1.53. The number of hydrogen-bond donors (Lipinski definition) is 4. The van der Waals surface area contributed by atoms with E-state index in [1.54, 1.807) is 42.5 Å². The zero-order chi connectivity index (χ0) is 26.8. The van der Waals surface area contributed by atoms with E-state index in [0.717, 1.165) is 36.4 Å². The first-order valence-corrected chi connectivity index (χ1v) is 12.6. The van der Waals surface area contributed by atoms with Gasteiger partial charge < -0.3 is 20.5 Å². The fourth-order valence-corrected chi connectivity index (χ4v) is 5.16. The third-order valence-electron chi connectivity index (χ3n) is 7.12. The second-order valence-corrected chi connectivity index (χ2v) is 9.67. The Morgan fingerprint density at radius 3 is 2.47 bits per heavy atom. The van der Waals surface area contributed by atoms with E-state index in [0.29, 0.717) is 12.3 Å². The SMILES string of the molecule is O=C1CCC(N2C(=O)c3ccc(O[C@H]4CC[C@@H](NCCNc5ccc(C(=O)O)cc5)C4)cc3C2=O)C(=O)N1. The van der Waals surface area contributed by atoms with Crippen molar-refractivity contribution < 1.29 is 33.8 Å². The van der Waals surface area contributed by atoms with Crippen LogP contribution in [-0.2, 0) is 9.59 Å². The number of carbonyl (C=O) groups is 5. The zero-order valence-electron chi connectivity index (χ0n) is 20.6. The molecule has 1 saturated heterocycles. The molecule has 0 spiro atoms. The lowest BCUT2D eigenvalue weighted by Gasteiger charge is -2.27. The van der Waals surface area contributed by atoms with Gasteiger partial charge in [-0.25, -0.2) is 4.79 Å². The minimum absolute atomic E-state index is 0.0412. The summed E-state index contributed by atoms with van der Waals surface area (Å²) in [6.07, 6.45) is 2.71. The van der Waals surface area contributed by atoms with Gasteiger partial charge in [-0.15, -0.1) is 0 Å². The molecule has 4 amide bonds. The summed E-state index contributed by atoms with van der Waals surface area (Å²) in [6.45, 7) is 1.41. The molecule has 1 unspecified atom stereocenters. The first kappa shape index (κ1) is 25.4. The molecule has 4 N–H and O–H groups in total. The summed E-state index contributed by atoms with van der Waals surface area (Å²) in [6, 6.07) is 10.7. The molecule has 5 rings (SSSR count). The van der Waals surface area contributed by atoms with Crippen LogP contribution >= 0.6 is 0 Å². The molecule has 11 nitrogen and oxygen atoms in total. The lowest BCUT2D eigenvalue weighted by Crippen LogP contribution is -2.54. The van der Waals surface area contributed by atoms with E-state index in [4.69, 9.17) is 9.84 Å². The lowest BCUT2D eigenvalue weighted by molar-refractivity contribution is -0.136. The van der Waals surface area contributed by atoms with E-state index in [1.807, 2.05) is 0 Å². The fraction of sp³-hybridized carbons (Fsp3) is 0.370. The van der Waals surface area contributed by atoms with Crippen molar-refractivity contribution in [2.24, 2.45) is 0 Å². The predicted octanol–water partition coefficient (Wildman–Crippen LogP) is 1.79. The number of carbonyl (C=O) groups excluding carboxylic acids is 4. The number of benzene rings is 2. The molecule has 2 fully saturated rings. The quantitative estimate of drug-likeness (QED) is 0.286. The van der Waals surface area contributed by atoms with Gasteiger partial charge in [0.25, 0.3) is 11.8 Å². The number of aromatic carboxylic acids is 1. The van der Waals surface area contributed by atoms with E-state index < -0.39 is 35.6 Å². The highest BCUT2D eigenvalue weighted by Crippen LogP contribution is 2.32. The van der Waals surface area contributed by atoms with Crippen LogP contribution in [0.25, 0.3) is 0 Å². The van der Waals surface area contributed by atoms with Crippen molar-refractivity contribution in [3.8, 4) is 5.75 Å². The van der Waals surface area contributed by atoms with Crippen LogP contribution in [0.2, 0.25) is 0 Å². The van der Waals surface area contributed by atoms with Gasteiger partial charge in [0.1, 0.15) is 17.9 Å². The molecule has 11 heteroatoms. The molecule has 1 saturated carbocycles. The molecule has 0 bridgehead atoms. The molecule has 0 radical (unpaired) electrons. The Balaban J connectivity index is 1.11. The third-order valence-corrected chi connectivity index (χ3v) is 7.12. The van der Waals surface area contributed by atoms with Crippen LogP contribution in [-0.4, -0.2) is 70.9 Å². The van der Waals surface area contributed by atoms with Crippen LogP contribution in [0, 0.1) is 0 Å². The second kappa shape index (κ2) is 10.6. The van der Waals surface area contributed by atoms with Crippen molar-refractivity contribution >= 4 is 35.3 Å². The Morgan fingerprint density at radius 2 is 1.74 bits per heavy atom. The lowest BCUT2D eigenvalue weighted by atomic mass is 10.0. The van der Waals surface area contributed by atoms with Gasteiger partial charge in [-0.2, -0.15) is 0 Å². The van der Waals surface area contributed by atoms with Crippen LogP contribution in [0.4, 0.5) is 5.69 Å². The van der Waals surface area contributed by atoms with Crippen LogP contribution in [0.15, 0.2) is 42.5 Å². The first-order chi connectivity index (χ1) is 18.3. The summed E-state index contributed by atoms with van der Waals surface area (Å²) >= 11 is 0. The molecular formula is C27H28N4O7. The van der Waals surface area contributed by atoms with Crippen molar-refractivity contribution in [2.75, 3.05) is 18.4 Å². The largest absolute Gasteiger partial charge is 0.490 e. The molecule has 2 aliphatic heterocycles. The van der Waals surface area contributed by atoms with E-state index in [2.05, 4.69) is 16.0 Å². The highest BCUT2D eigenvalue weighted by atomic mass is 16.5. The van der Waals surface area contributed by atoms with Crippen molar-refractivity contribution in [3.63, 3.8) is 0 Å². The van der Waals surface area contributed by atoms with Gasteiger partial charge in [0.15, 0.2) is 0 Å². The number of amides is 4. The van der Waals surface area contributed by atoms with Gasteiger partial charge in [-0.3, -0.25) is 29.4 Å². The van der Waals surface area contributed by atoms with Gasteiger partial charge in [-0.1, -0.05) is 0 Å². The predicted molar refractivity (Wildman–Crippen MR) is 135 cm³/mol. The number of nitrogens with zero attached hydrogens (tertiary/aromatic N) is 1. The third kappa shape index (κ3) is 5.23. The number of ether oxygens (including phenoxy) is 1. The molecular weight excluding hydrogens is 492 g/mol. The number of rotatable bonds is 9. The zero-order valence-corrected chi connectivity index (χ0v) is 20.6. The van der Waals surface area contributed by atoms with Crippen molar-refractivity contribution in [1.29, 1.82) is 0 Å². The highest BCUT2D eigenvalue weighted by molar-refractivity contribution is 6.23. The Hall–Kier alpha value is -4.25. The standard InChI is InChI=1S/C27H28N4O7/c32-23-10-9-22(24(33)30-23)31-25(34)20-8-7-19(14-21(20)26(31)35)38-18-6-5-17(13-18)29-12-11-28-16-3-1-15(2-4-16)27(36)37/h1-4,7-8,14,17-18,22,28-29H,5-6,9-13H2,(H,36,37)(H,30,32,33)/t17-,18+,22?/m1/s1. The molecule has 0 aromatic heterocycles. The van der Waals surface area contributed by atoms with Gasteiger partial charge in [-0.05, 0) is 68.1 Å². The minimum atomic E-state index is -0.996. The molecule has 3 aliphatic rings. The topological polar surface area (TPSA) is 154 Å². The van der Waals surface area contributed by atoms with Gasteiger partial charge in [0.2, 0.25) is 11.8 Å². The van der Waals surface area contributed by atoms with E-state index in [9.17, 15) is 24.0 Å². The maximum atomic E-state index is 13.0. The smallest absolute Gasteiger partial charge is 0.335 e. The Bertz CT molecular complexity index is 1290. The maximum absolute atomic E-state index is 13.0. The van der Waals surface area contributed by atoms with Crippen LogP contribution < -0.4 is 20.7 Å². The van der Waals surface area contributed by atoms with Crippen molar-refractivity contribution in [2.45, 2.75) is 50.3 Å². The summed E-state index contributed by atoms with van der Waals surface area (Å²) in [7, 11) is 0. The Labute approximate surface area is 218 Å². The number of fused-ring (bicyclic) bond motifs is 1. The maximum Gasteiger partial charge on any atom is 0.335 e. The number of piperidine rings is 1. The molecule has 198 valence electrons. The monoisotopic (exact) mass is 520 g/mol.